The fourth-order valence-corrected chi connectivity index (χ4v) is 6.19. The maximum atomic E-state index is 13.6. The third-order valence-electron chi connectivity index (χ3n) is 5.54. The number of hydrogen-bond donors (Lipinski definition) is 1. The van der Waals surface area contributed by atoms with Crippen LogP contribution in [-0.2, 0) is 14.8 Å². The fourth-order valence-electron chi connectivity index (χ4n) is 4.29. The second-order valence-corrected chi connectivity index (χ2v) is 8.86. The van der Waals surface area contributed by atoms with E-state index in [2.05, 4.69) is 5.32 Å². The SMILES string of the molecule is COC(=O)c1ccccc1S(=O)(=O)N1C[C@@H]2CNC[C@@H]2[C@H]1c1ccccc1.Cl. The smallest absolute Gasteiger partial charge is 0.339 e. The van der Waals surface area contributed by atoms with Crippen LogP contribution in [0.15, 0.2) is 59.5 Å². The number of benzene rings is 2. The number of halogens is 1. The van der Waals surface area contributed by atoms with Crippen LogP contribution in [0.3, 0.4) is 0 Å². The Bertz CT molecular complexity index is 952. The number of carbonyl (C=O) groups is 1. The van der Waals surface area contributed by atoms with Crippen molar-refractivity contribution in [3.63, 3.8) is 0 Å². The molecule has 2 aromatic carbocycles. The lowest BCUT2D eigenvalue weighted by molar-refractivity contribution is 0.0596. The first-order valence-electron chi connectivity index (χ1n) is 8.99. The number of esters is 1. The predicted molar refractivity (Wildman–Crippen MR) is 108 cm³/mol. The predicted octanol–water partition coefficient (Wildman–Crippen LogP) is 2.48. The minimum absolute atomic E-state index is 0. The molecule has 0 unspecified atom stereocenters. The van der Waals surface area contributed by atoms with E-state index in [1.165, 1.54) is 19.2 Å². The molecule has 0 saturated carbocycles. The fraction of sp³-hybridized carbons (Fsp3) is 0.350. The van der Waals surface area contributed by atoms with Gasteiger partial charge in [-0.25, -0.2) is 13.2 Å². The van der Waals surface area contributed by atoms with Gasteiger partial charge < -0.3 is 10.1 Å². The highest BCUT2D eigenvalue weighted by molar-refractivity contribution is 7.89. The van der Waals surface area contributed by atoms with Gasteiger partial charge in [-0.15, -0.1) is 12.4 Å². The Hall–Kier alpha value is -1.93. The summed E-state index contributed by atoms with van der Waals surface area (Å²) in [4.78, 5) is 12.1. The first-order valence-corrected chi connectivity index (χ1v) is 10.4. The maximum absolute atomic E-state index is 13.6. The number of hydrogen-bond acceptors (Lipinski definition) is 5. The molecule has 0 spiro atoms. The summed E-state index contributed by atoms with van der Waals surface area (Å²) in [6.45, 7) is 2.03. The van der Waals surface area contributed by atoms with E-state index in [1.54, 1.807) is 16.4 Å². The average Bonchev–Trinajstić information content (AvgIpc) is 3.29. The summed E-state index contributed by atoms with van der Waals surface area (Å²) in [6, 6.07) is 15.7. The lowest BCUT2D eigenvalue weighted by atomic mass is 9.90. The molecular formula is C20H23ClN2O4S. The molecule has 0 aromatic heterocycles. The van der Waals surface area contributed by atoms with Crippen LogP contribution >= 0.6 is 12.4 Å². The molecule has 4 rings (SSSR count). The third-order valence-corrected chi connectivity index (χ3v) is 7.45. The summed E-state index contributed by atoms with van der Waals surface area (Å²) < 4.78 is 33.5. The average molecular weight is 423 g/mol. The van der Waals surface area contributed by atoms with Crippen LogP contribution in [0.4, 0.5) is 0 Å². The molecule has 3 atom stereocenters. The van der Waals surface area contributed by atoms with Gasteiger partial charge in [-0.05, 0) is 36.1 Å². The number of carbonyl (C=O) groups excluding carboxylic acids is 1. The van der Waals surface area contributed by atoms with Crippen molar-refractivity contribution in [2.45, 2.75) is 10.9 Å². The standard InChI is InChI=1S/C20H22N2O4S.ClH/c1-26-20(23)16-9-5-6-10-18(16)27(24,25)22-13-15-11-21-12-17(15)19(22)14-7-3-2-4-8-14;/h2-10,15,17,19,21H,11-13H2,1H3;1H/t15-,17-,19+;/m0./s1. The summed E-state index contributed by atoms with van der Waals surface area (Å²) in [5.41, 5.74) is 1.05. The number of ether oxygens (including phenoxy) is 1. The van der Waals surface area contributed by atoms with Gasteiger partial charge in [0.2, 0.25) is 10.0 Å². The van der Waals surface area contributed by atoms with Crippen LogP contribution < -0.4 is 5.32 Å². The van der Waals surface area contributed by atoms with Gasteiger partial charge in [0.15, 0.2) is 0 Å². The first kappa shape index (κ1) is 20.8. The van der Waals surface area contributed by atoms with Gasteiger partial charge in [-0.3, -0.25) is 0 Å². The molecule has 28 heavy (non-hydrogen) atoms. The molecule has 0 aliphatic carbocycles. The number of nitrogens with zero attached hydrogens (tertiary/aromatic N) is 1. The van der Waals surface area contributed by atoms with E-state index in [0.29, 0.717) is 6.54 Å². The number of sulfonamides is 1. The zero-order valence-electron chi connectivity index (χ0n) is 15.4. The van der Waals surface area contributed by atoms with Gasteiger partial charge in [0.05, 0.1) is 23.6 Å². The van der Waals surface area contributed by atoms with E-state index >= 15 is 0 Å². The van der Waals surface area contributed by atoms with Crippen LogP contribution in [0.5, 0.6) is 0 Å². The second kappa shape index (κ2) is 8.21. The molecule has 0 bridgehead atoms. The molecular weight excluding hydrogens is 400 g/mol. The highest BCUT2D eigenvalue weighted by Gasteiger charge is 2.50. The Balaban J connectivity index is 0.00000225. The molecule has 2 aliphatic rings. The molecule has 0 radical (unpaired) electrons. The Labute approximate surface area is 171 Å². The highest BCUT2D eigenvalue weighted by Crippen LogP contribution is 2.45. The van der Waals surface area contributed by atoms with Crippen LogP contribution in [0, 0.1) is 11.8 Å². The van der Waals surface area contributed by atoms with Crippen molar-refractivity contribution in [2.24, 2.45) is 11.8 Å². The van der Waals surface area contributed by atoms with E-state index in [1.807, 2.05) is 30.3 Å². The topological polar surface area (TPSA) is 75.7 Å². The Kier molecular flexibility index (Phi) is 6.09. The van der Waals surface area contributed by atoms with E-state index in [9.17, 15) is 13.2 Å². The Morgan fingerprint density at radius 2 is 1.75 bits per heavy atom. The van der Waals surface area contributed by atoms with Crippen molar-refractivity contribution in [2.75, 3.05) is 26.7 Å². The van der Waals surface area contributed by atoms with Crippen LogP contribution in [0.25, 0.3) is 0 Å². The lowest BCUT2D eigenvalue weighted by Gasteiger charge is -2.28. The largest absolute Gasteiger partial charge is 0.465 e. The Morgan fingerprint density at radius 3 is 2.46 bits per heavy atom. The number of methoxy groups -OCH3 is 1. The number of nitrogens with one attached hydrogen (secondary N) is 1. The van der Waals surface area contributed by atoms with Crippen LogP contribution in [-0.4, -0.2) is 45.4 Å². The summed E-state index contributed by atoms with van der Waals surface area (Å²) >= 11 is 0. The third kappa shape index (κ3) is 3.43. The van der Waals surface area contributed by atoms with Gasteiger partial charge in [-0.2, -0.15) is 4.31 Å². The maximum Gasteiger partial charge on any atom is 0.339 e. The lowest BCUT2D eigenvalue weighted by Crippen LogP contribution is -2.35. The van der Waals surface area contributed by atoms with E-state index in [0.717, 1.165) is 18.7 Å². The number of fused-ring (bicyclic) bond motifs is 1. The molecule has 8 heteroatoms. The summed E-state index contributed by atoms with van der Waals surface area (Å²) in [7, 11) is -2.60. The summed E-state index contributed by atoms with van der Waals surface area (Å²) in [5, 5.41) is 3.38. The van der Waals surface area contributed by atoms with Crippen molar-refractivity contribution in [1.29, 1.82) is 0 Å². The molecule has 150 valence electrons. The van der Waals surface area contributed by atoms with Gasteiger partial charge in [0, 0.05) is 13.1 Å². The zero-order valence-corrected chi connectivity index (χ0v) is 17.1. The van der Waals surface area contributed by atoms with Crippen LogP contribution in [0.2, 0.25) is 0 Å². The van der Waals surface area contributed by atoms with Crippen molar-refractivity contribution in [3.8, 4) is 0 Å². The Morgan fingerprint density at radius 1 is 1.07 bits per heavy atom. The van der Waals surface area contributed by atoms with E-state index < -0.39 is 16.0 Å². The molecule has 0 amide bonds. The normalized spacial score (nSPS) is 24.4. The van der Waals surface area contributed by atoms with E-state index in [4.69, 9.17) is 4.74 Å². The molecule has 2 aliphatic heterocycles. The highest BCUT2D eigenvalue weighted by atomic mass is 35.5. The summed E-state index contributed by atoms with van der Waals surface area (Å²) in [5.74, 6) is -0.172. The van der Waals surface area contributed by atoms with E-state index in [-0.39, 0.29) is 40.7 Å². The van der Waals surface area contributed by atoms with Gasteiger partial charge in [-0.1, -0.05) is 42.5 Å². The molecule has 2 heterocycles. The van der Waals surface area contributed by atoms with Crippen molar-refractivity contribution in [3.05, 3.63) is 65.7 Å². The zero-order chi connectivity index (χ0) is 19.0. The van der Waals surface area contributed by atoms with Gasteiger partial charge in [0.25, 0.3) is 0 Å². The minimum Gasteiger partial charge on any atom is -0.465 e. The molecule has 6 nitrogen and oxygen atoms in total. The van der Waals surface area contributed by atoms with Crippen molar-refractivity contribution >= 4 is 28.4 Å². The van der Waals surface area contributed by atoms with Crippen molar-refractivity contribution < 1.29 is 17.9 Å². The van der Waals surface area contributed by atoms with Crippen molar-refractivity contribution in [1.82, 2.24) is 9.62 Å². The molecule has 2 fully saturated rings. The monoisotopic (exact) mass is 422 g/mol. The molecule has 2 aromatic rings. The first-order chi connectivity index (χ1) is 13.0. The molecule has 1 N–H and O–H groups in total. The van der Waals surface area contributed by atoms with Gasteiger partial charge >= 0.3 is 5.97 Å². The molecule has 2 saturated heterocycles. The minimum atomic E-state index is -3.86. The number of rotatable bonds is 4. The van der Waals surface area contributed by atoms with Crippen LogP contribution in [0.1, 0.15) is 22.0 Å². The van der Waals surface area contributed by atoms with Gasteiger partial charge in [0.1, 0.15) is 0 Å². The quantitative estimate of drug-likeness (QED) is 0.766. The second-order valence-electron chi connectivity index (χ2n) is 7.00. The summed E-state index contributed by atoms with van der Waals surface area (Å²) in [6.07, 6.45) is 0.